The van der Waals surface area contributed by atoms with E-state index in [2.05, 4.69) is 37.3 Å². The third kappa shape index (κ3) is 5.13. The van der Waals surface area contributed by atoms with Gasteiger partial charge in [-0.2, -0.15) is 0 Å². The van der Waals surface area contributed by atoms with Crippen molar-refractivity contribution < 1.29 is 0 Å². The summed E-state index contributed by atoms with van der Waals surface area (Å²) in [5.74, 6) is 0. The maximum Gasteiger partial charge on any atom is 0.0408 e. The van der Waals surface area contributed by atoms with E-state index in [0.717, 1.165) is 13.1 Å². The van der Waals surface area contributed by atoms with E-state index in [1.165, 1.54) is 38.5 Å². The summed E-state index contributed by atoms with van der Waals surface area (Å²) in [7, 11) is 4.33. The van der Waals surface area contributed by atoms with E-state index in [1.807, 2.05) is 0 Å². The lowest BCUT2D eigenvalue weighted by Crippen LogP contribution is -2.40. The van der Waals surface area contributed by atoms with Crippen molar-refractivity contribution in [1.82, 2.24) is 10.2 Å². The van der Waals surface area contributed by atoms with Gasteiger partial charge in [0.15, 0.2) is 0 Å². The lowest BCUT2D eigenvalue weighted by molar-refractivity contribution is 0.355. The Balaban J connectivity index is 2.54. The second-order valence-electron chi connectivity index (χ2n) is 5.15. The highest BCUT2D eigenvalue weighted by atomic mass is 15.1. The predicted molar refractivity (Wildman–Crippen MR) is 71.8 cm³/mol. The fourth-order valence-electron chi connectivity index (χ4n) is 2.35. The zero-order chi connectivity index (χ0) is 11.8. The van der Waals surface area contributed by atoms with Crippen LogP contribution in [0.2, 0.25) is 0 Å². The van der Waals surface area contributed by atoms with E-state index >= 15 is 0 Å². The zero-order valence-corrected chi connectivity index (χ0v) is 11.3. The molecule has 1 aliphatic rings. The van der Waals surface area contributed by atoms with Gasteiger partial charge in [0.1, 0.15) is 0 Å². The first-order chi connectivity index (χ1) is 7.74. The van der Waals surface area contributed by atoms with Crippen molar-refractivity contribution in [3.63, 3.8) is 0 Å². The molecule has 1 unspecified atom stereocenters. The van der Waals surface area contributed by atoms with Gasteiger partial charge in [0.2, 0.25) is 0 Å². The van der Waals surface area contributed by atoms with E-state index in [1.54, 1.807) is 5.57 Å². The van der Waals surface area contributed by atoms with Gasteiger partial charge in [0, 0.05) is 12.6 Å². The molecule has 16 heavy (non-hydrogen) atoms. The molecule has 1 rings (SSSR count). The summed E-state index contributed by atoms with van der Waals surface area (Å²) >= 11 is 0. The van der Waals surface area contributed by atoms with Gasteiger partial charge in [-0.25, -0.2) is 0 Å². The summed E-state index contributed by atoms with van der Waals surface area (Å²) in [4.78, 5) is 2.29. The largest absolute Gasteiger partial charge is 0.309 e. The van der Waals surface area contributed by atoms with Crippen molar-refractivity contribution in [3.05, 3.63) is 11.6 Å². The standard InChI is InChI=1S/C14H28N2/c1-4-11-15-14(12-16(2)3)13-9-7-5-6-8-10-13/h9,14-15H,4-8,10-12H2,1-3H3. The van der Waals surface area contributed by atoms with E-state index in [0.29, 0.717) is 6.04 Å². The number of rotatable bonds is 6. The van der Waals surface area contributed by atoms with Crippen molar-refractivity contribution in [2.75, 3.05) is 27.2 Å². The number of hydrogen-bond donors (Lipinski definition) is 1. The highest BCUT2D eigenvalue weighted by Crippen LogP contribution is 2.20. The summed E-state index contributed by atoms with van der Waals surface area (Å²) in [6.07, 6.45) is 10.5. The Hall–Kier alpha value is -0.340. The van der Waals surface area contributed by atoms with E-state index < -0.39 is 0 Å². The van der Waals surface area contributed by atoms with Gasteiger partial charge in [-0.3, -0.25) is 0 Å². The van der Waals surface area contributed by atoms with Gasteiger partial charge in [0.25, 0.3) is 0 Å². The minimum Gasteiger partial charge on any atom is -0.309 e. The molecular weight excluding hydrogens is 196 g/mol. The monoisotopic (exact) mass is 224 g/mol. The maximum atomic E-state index is 3.69. The topological polar surface area (TPSA) is 15.3 Å². The molecule has 0 radical (unpaired) electrons. The van der Waals surface area contributed by atoms with Crippen LogP contribution in [0.1, 0.15) is 45.4 Å². The van der Waals surface area contributed by atoms with Gasteiger partial charge in [-0.15, -0.1) is 0 Å². The number of nitrogens with one attached hydrogen (secondary N) is 1. The first-order valence-corrected chi connectivity index (χ1v) is 6.81. The first-order valence-electron chi connectivity index (χ1n) is 6.81. The molecule has 1 aliphatic carbocycles. The van der Waals surface area contributed by atoms with Crippen molar-refractivity contribution in [1.29, 1.82) is 0 Å². The normalized spacial score (nSPS) is 19.4. The van der Waals surface area contributed by atoms with Gasteiger partial charge < -0.3 is 10.2 Å². The Morgan fingerprint density at radius 3 is 2.81 bits per heavy atom. The zero-order valence-electron chi connectivity index (χ0n) is 11.3. The third-order valence-electron chi connectivity index (χ3n) is 3.21. The Morgan fingerprint density at radius 1 is 1.31 bits per heavy atom. The van der Waals surface area contributed by atoms with Crippen LogP contribution in [0.3, 0.4) is 0 Å². The van der Waals surface area contributed by atoms with Gasteiger partial charge in [0.05, 0.1) is 0 Å². The molecule has 0 aromatic carbocycles. The van der Waals surface area contributed by atoms with Crippen LogP contribution in [0.25, 0.3) is 0 Å². The summed E-state index contributed by atoms with van der Waals surface area (Å²) in [6, 6.07) is 0.577. The second-order valence-corrected chi connectivity index (χ2v) is 5.15. The molecule has 2 heteroatoms. The fourth-order valence-corrected chi connectivity index (χ4v) is 2.35. The SMILES string of the molecule is CCCNC(CN(C)C)C1=CCCCCC1. The molecule has 0 aromatic rings. The molecule has 1 atom stereocenters. The maximum absolute atomic E-state index is 3.69. The Bertz CT molecular complexity index is 209. The molecule has 2 nitrogen and oxygen atoms in total. The average molecular weight is 224 g/mol. The third-order valence-corrected chi connectivity index (χ3v) is 3.21. The molecule has 0 saturated carbocycles. The second kappa shape index (κ2) is 7.86. The van der Waals surface area contributed by atoms with Crippen molar-refractivity contribution in [3.8, 4) is 0 Å². The Kier molecular flexibility index (Phi) is 6.74. The van der Waals surface area contributed by atoms with E-state index in [4.69, 9.17) is 0 Å². The van der Waals surface area contributed by atoms with Crippen LogP contribution in [-0.2, 0) is 0 Å². The summed E-state index contributed by atoms with van der Waals surface area (Å²) in [6.45, 7) is 4.50. The van der Waals surface area contributed by atoms with E-state index in [9.17, 15) is 0 Å². The van der Waals surface area contributed by atoms with Gasteiger partial charge >= 0.3 is 0 Å². The molecule has 0 bridgehead atoms. The molecule has 1 N–H and O–H groups in total. The number of nitrogens with zero attached hydrogens (tertiary/aromatic N) is 1. The van der Waals surface area contributed by atoms with Crippen LogP contribution >= 0.6 is 0 Å². The molecule has 0 fully saturated rings. The first kappa shape index (κ1) is 13.7. The van der Waals surface area contributed by atoms with Crippen LogP contribution in [-0.4, -0.2) is 38.1 Å². The van der Waals surface area contributed by atoms with Crippen molar-refractivity contribution in [2.24, 2.45) is 0 Å². The van der Waals surface area contributed by atoms with E-state index in [-0.39, 0.29) is 0 Å². The minimum absolute atomic E-state index is 0.577. The number of allylic oxidation sites excluding steroid dienone is 1. The molecule has 0 heterocycles. The summed E-state index contributed by atoms with van der Waals surface area (Å²) in [5.41, 5.74) is 1.65. The Labute approximate surface area is 101 Å². The van der Waals surface area contributed by atoms with Gasteiger partial charge in [-0.1, -0.05) is 25.0 Å². The molecule has 0 aromatic heterocycles. The highest BCUT2D eigenvalue weighted by molar-refractivity contribution is 5.13. The smallest absolute Gasteiger partial charge is 0.0408 e. The molecule has 94 valence electrons. The summed E-state index contributed by atoms with van der Waals surface area (Å²) < 4.78 is 0. The van der Waals surface area contributed by atoms with Crippen LogP contribution in [0.15, 0.2) is 11.6 Å². The van der Waals surface area contributed by atoms with Crippen molar-refractivity contribution >= 4 is 0 Å². The molecule has 0 saturated heterocycles. The Morgan fingerprint density at radius 2 is 2.12 bits per heavy atom. The van der Waals surface area contributed by atoms with Crippen molar-refractivity contribution in [2.45, 2.75) is 51.5 Å². The van der Waals surface area contributed by atoms with Crippen LogP contribution < -0.4 is 5.32 Å². The summed E-state index contributed by atoms with van der Waals surface area (Å²) in [5, 5.41) is 3.69. The molecule has 0 amide bonds. The van der Waals surface area contributed by atoms with Gasteiger partial charge in [-0.05, 0) is 52.7 Å². The molecule has 0 spiro atoms. The van der Waals surface area contributed by atoms with Crippen LogP contribution in [0.4, 0.5) is 0 Å². The average Bonchev–Trinajstić information content (AvgIpc) is 2.52. The fraction of sp³-hybridized carbons (Fsp3) is 0.857. The number of likely N-dealkylation sites (N-methyl/N-ethyl adjacent to an activating group) is 1. The quantitative estimate of drug-likeness (QED) is 0.698. The predicted octanol–water partition coefficient (Wildman–Crippen LogP) is 2.81. The molecular formula is C14H28N2. The lowest BCUT2D eigenvalue weighted by Gasteiger charge is -2.25. The minimum atomic E-state index is 0.577. The number of hydrogen-bond acceptors (Lipinski definition) is 2. The highest BCUT2D eigenvalue weighted by Gasteiger charge is 2.15. The lowest BCUT2D eigenvalue weighted by atomic mass is 10.0. The molecule has 0 aliphatic heterocycles. The van der Waals surface area contributed by atoms with Crippen LogP contribution in [0, 0.1) is 0 Å². The van der Waals surface area contributed by atoms with Crippen LogP contribution in [0.5, 0.6) is 0 Å².